The quantitative estimate of drug-likeness (QED) is 0.787. The van der Waals surface area contributed by atoms with E-state index in [1.54, 1.807) is 6.92 Å². The van der Waals surface area contributed by atoms with Crippen LogP contribution in [0.4, 0.5) is 0 Å². The Hall–Kier alpha value is -0.590. The smallest absolute Gasteiger partial charge is 0.147 e. The van der Waals surface area contributed by atoms with Gasteiger partial charge >= 0.3 is 0 Å². The van der Waals surface area contributed by atoms with Crippen molar-refractivity contribution in [3.8, 4) is 0 Å². The molecule has 2 atom stereocenters. The highest BCUT2D eigenvalue weighted by Gasteiger charge is 2.41. The molecule has 1 rings (SSSR count). The molecule has 0 bridgehead atoms. The lowest BCUT2D eigenvalue weighted by atomic mass is 10.3. The Morgan fingerprint density at radius 3 is 2.00 bits per heavy atom. The zero-order chi connectivity index (χ0) is 11.7. The molecule has 3 heteroatoms. The number of benzene rings is 1. The van der Waals surface area contributed by atoms with Gasteiger partial charge in [-0.25, -0.2) is 0 Å². The van der Waals surface area contributed by atoms with Crippen molar-refractivity contribution in [2.75, 3.05) is 0 Å². The van der Waals surface area contributed by atoms with Crippen LogP contribution in [0.2, 0.25) is 0 Å². The van der Waals surface area contributed by atoms with E-state index in [2.05, 4.69) is 0 Å². The van der Waals surface area contributed by atoms with Gasteiger partial charge in [-0.2, -0.15) is 0 Å². The molecule has 0 spiro atoms. The topological polar surface area (TPSA) is 37.3 Å². The molecule has 0 amide bonds. The van der Waals surface area contributed by atoms with Crippen LogP contribution in [0.25, 0.3) is 0 Å². The van der Waals surface area contributed by atoms with Crippen LogP contribution in [-0.4, -0.2) is 16.1 Å². The third kappa shape index (κ3) is 2.16. The van der Waals surface area contributed by atoms with Crippen LogP contribution in [0, 0.1) is 0 Å². The number of hydrogen-bond donors (Lipinski definition) is 1. The summed E-state index contributed by atoms with van der Waals surface area (Å²) in [5.74, 6) is -0.806. The first-order valence-electron chi connectivity index (χ1n) is 5.13. The molecule has 1 unspecified atom stereocenters. The highest BCUT2D eigenvalue weighted by atomic mass is 31.2. The second-order valence-electron chi connectivity index (χ2n) is 4.80. The summed E-state index contributed by atoms with van der Waals surface area (Å²) in [6.07, 6.45) is 0. The van der Waals surface area contributed by atoms with Gasteiger partial charge in [0.05, 0.1) is 0 Å². The van der Waals surface area contributed by atoms with Crippen molar-refractivity contribution >= 4 is 12.4 Å². The van der Waals surface area contributed by atoms with E-state index in [1.807, 2.05) is 51.1 Å². The molecule has 1 aromatic rings. The Balaban J connectivity index is 3.33. The van der Waals surface area contributed by atoms with Gasteiger partial charge in [0.2, 0.25) is 0 Å². The fraction of sp³-hybridized carbons (Fsp3) is 0.500. The molecular formula is C12H19O2P. The summed E-state index contributed by atoms with van der Waals surface area (Å²) in [6, 6.07) is 9.27. The van der Waals surface area contributed by atoms with Crippen LogP contribution in [0.5, 0.6) is 0 Å². The van der Waals surface area contributed by atoms with Crippen molar-refractivity contribution in [3.05, 3.63) is 30.3 Å². The van der Waals surface area contributed by atoms with Crippen LogP contribution in [0.3, 0.4) is 0 Å². The number of hydrogen-bond acceptors (Lipinski definition) is 2. The second kappa shape index (κ2) is 4.11. The predicted molar refractivity (Wildman–Crippen MR) is 65.1 cm³/mol. The molecule has 0 aromatic heterocycles. The third-order valence-electron chi connectivity index (χ3n) is 2.66. The Labute approximate surface area is 91.7 Å². The monoisotopic (exact) mass is 226 g/mol. The summed E-state index contributed by atoms with van der Waals surface area (Å²) in [6.45, 7) is 7.34. The third-order valence-corrected chi connectivity index (χ3v) is 6.77. The summed E-state index contributed by atoms with van der Waals surface area (Å²) in [4.78, 5) is 0. The first-order chi connectivity index (χ1) is 6.80. The van der Waals surface area contributed by atoms with Crippen molar-refractivity contribution in [1.82, 2.24) is 0 Å². The fourth-order valence-corrected chi connectivity index (χ4v) is 4.76. The number of rotatable bonds is 2. The maximum Gasteiger partial charge on any atom is 0.147 e. The predicted octanol–water partition coefficient (Wildman–Crippen LogP) is 2.81. The average Bonchev–Trinajstić information content (AvgIpc) is 2.16. The van der Waals surface area contributed by atoms with Crippen LogP contribution in [-0.2, 0) is 4.57 Å². The molecule has 15 heavy (non-hydrogen) atoms. The van der Waals surface area contributed by atoms with E-state index in [-0.39, 0.29) is 0 Å². The largest absolute Gasteiger partial charge is 0.385 e. The Bertz CT molecular complexity index is 363. The summed E-state index contributed by atoms with van der Waals surface area (Å²) >= 11 is 0. The van der Waals surface area contributed by atoms with Crippen molar-refractivity contribution in [3.63, 3.8) is 0 Å². The van der Waals surface area contributed by atoms with E-state index in [0.29, 0.717) is 0 Å². The van der Waals surface area contributed by atoms with Crippen molar-refractivity contribution in [2.45, 2.75) is 38.7 Å². The van der Waals surface area contributed by atoms with Crippen molar-refractivity contribution in [1.29, 1.82) is 0 Å². The van der Waals surface area contributed by atoms with Crippen molar-refractivity contribution in [2.24, 2.45) is 0 Å². The van der Waals surface area contributed by atoms with Crippen LogP contribution in [0.15, 0.2) is 30.3 Å². The van der Waals surface area contributed by atoms with Gasteiger partial charge in [-0.3, -0.25) is 0 Å². The minimum atomic E-state index is -2.77. The van der Waals surface area contributed by atoms with E-state index >= 15 is 0 Å². The SMILES string of the molecule is C[C@H](O)P(=O)(c1ccccc1)C(C)(C)C. The van der Waals surface area contributed by atoms with Crippen LogP contribution < -0.4 is 5.30 Å². The minimum absolute atomic E-state index is 0.414. The second-order valence-corrected chi connectivity index (χ2v) is 8.72. The maximum absolute atomic E-state index is 12.9. The van der Waals surface area contributed by atoms with Gasteiger partial charge in [-0.15, -0.1) is 0 Å². The summed E-state index contributed by atoms with van der Waals surface area (Å²) in [7, 11) is -2.77. The summed E-state index contributed by atoms with van der Waals surface area (Å²) < 4.78 is 12.9. The molecule has 0 radical (unpaired) electrons. The van der Waals surface area contributed by atoms with E-state index in [0.717, 1.165) is 5.30 Å². The molecule has 0 aliphatic heterocycles. The lowest BCUT2D eigenvalue weighted by Gasteiger charge is -2.33. The van der Waals surface area contributed by atoms with Crippen molar-refractivity contribution < 1.29 is 9.67 Å². The number of aliphatic hydroxyl groups excluding tert-OH is 1. The summed E-state index contributed by atoms with van der Waals surface area (Å²) in [5.41, 5.74) is 0. The average molecular weight is 226 g/mol. The molecule has 0 fully saturated rings. The lowest BCUT2D eigenvalue weighted by molar-refractivity contribution is 0.265. The molecule has 0 saturated heterocycles. The molecule has 0 aliphatic carbocycles. The zero-order valence-corrected chi connectivity index (χ0v) is 10.7. The molecule has 2 nitrogen and oxygen atoms in total. The lowest BCUT2D eigenvalue weighted by Crippen LogP contribution is -2.29. The highest BCUT2D eigenvalue weighted by molar-refractivity contribution is 7.73. The van der Waals surface area contributed by atoms with E-state index in [1.165, 1.54) is 0 Å². The van der Waals surface area contributed by atoms with Gasteiger partial charge in [0, 0.05) is 10.5 Å². The molecule has 84 valence electrons. The highest BCUT2D eigenvalue weighted by Crippen LogP contribution is 2.59. The molecule has 1 N–H and O–H groups in total. The van der Waals surface area contributed by atoms with Gasteiger partial charge in [0.1, 0.15) is 13.0 Å². The van der Waals surface area contributed by atoms with Crippen LogP contribution >= 0.6 is 7.14 Å². The molecular weight excluding hydrogens is 207 g/mol. The fourth-order valence-electron chi connectivity index (χ4n) is 1.81. The van der Waals surface area contributed by atoms with Gasteiger partial charge in [-0.1, -0.05) is 51.1 Å². The van der Waals surface area contributed by atoms with E-state index in [9.17, 15) is 9.67 Å². The maximum atomic E-state index is 12.9. The Morgan fingerprint density at radius 1 is 1.20 bits per heavy atom. The Morgan fingerprint density at radius 2 is 1.67 bits per heavy atom. The molecule has 0 aliphatic rings. The van der Waals surface area contributed by atoms with Crippen LogP contribution in [0.1, 0.15) is 27.7 Å². The number of aliphatic hydroxyl groups is 1. The van der Waals surface area contributed by atoms with Gasteiger partial charge in [0.15, 0.2) is 0 Å². The van der Waals surface area contributed by atoms with E-state index in [4.69, 9.17) is 0 Å². The molecule has 0 saturated carbocycles. The zero-order valence-electron chi connectivity index (χ0n) is 9.77. The minimum Gasteiger partial charge on any atom is -0.385 e. The molecule has 1 aromatic carbocycles. The van der Waals surface area contributed by atoms with E-state index < -0.39 is 18.1 Å². The first-order valence-corrected chi connectivity index (χ1v) is 6.91. The van der Waals surface area contributed by atoms with Gasteiger partial charge in [-0.05, 0) is 6.92 Å². The molecule has 0 heterocycles. The van der Waals surface area contributed by atoms with Gasteiger partial charge < -0.3 is 9.67 Å². The summed E-state index contributed by atoms with van der Waals surface area (Å²) in [5, 5.41) is 10.1. The standard InChI is InChI=1S/C12H19O2P/c1-10(13)15(14,12(2,3)4)11-8-6-5-7-9-11/h5-10,13H,1-4H3/t10-,15?/m1/s1. The van der Waals surface area contributed by atoms with Gasteiger partial charge in [0.25, 0.3) is 0 Å². The first kappa shape index (κ1) is 12.5. The Kier molecular flexibility index (Phi) is 3.42. The normalized spacial score (nSPS) is 18.2.